The van der Waals surface area contributed by atoms with Crippen LogP contribution < -0.4 is 10.1 Å². The quantitative estimate of drug-likeness (QED) is 0.458. The number of aromatic nitrogens is 2. The Morgan fingerprint density at radius 3 is 2.29 bits per heavy atom. The highest BCUT2D eigenvalue weighted by Crippen LogP contribution is 2.30. The van der Waals surface area contributed by atoms with Gasteiger partial charge >= 0.3 is 0 Å². The average molecular weight is 389 g/mol. The molecule has 0 saturated carbocycles. The minimum Gasteiger partial charge on any atom is -0.457 e. The van der Waals surface area contributed by atoms with E-state index in [-0.39, 0.29) is 0 Å². The number of rotatable bonds is 6. The van der Waals surface area contributed by atoms with Crippen molar-refractivity contribution in [3.05, 3.63) is 95.0 Å². The van der Waals surface area contributed by atoms with E-state index in [1.54, 1.807) is 0 Å². The molecule has 0 aliphatic rings. The summed E-state index contributed by atoms with van der Waals surface area (Å²) < 4.78 is 5.79. The molecule has 0 saturated heterocycles. The minimum atomic E-state index is -0.782. The van der Waals surface area contributed by atoms with Crippen LogP contribution >= 0.6 is 11.3 Å². The molecule has 1 atom stereocenters. The summed E-state index contributed by atoms with van der Waals surface area (Å²) in [6, 6.07) is 25.0. The predicted molar refractivity (Wildman–Crippen MR) is 111 cm³/mol. The molecule has 0 aliphatic heterocycles. The van der Waals surface area contributed by atoms with Crippen molar-refractivity contribution in [3.8, 4) is 11.5 Å². The fourth-order valence-electron chi connectivity index (χ4n) is 2.78. The summed E-state index contributed by atoms with van der Waals surface area (Å²) in [4.78, 5) is 0. The lowest BCUT2D eigenvalue weighted by atomic mass is 10.0. The highest BCUT2D eigenvalue weighted by molar-refractivity contribution is 7.15. The van der Waals surface area contributed by atoms with Crippen LogP contribution in [-0.4, -0.2) is 15.3 Å². The number of aliphatic hydroxyl groups is 1. The van der Waals surface area contributed by atoms with Crippen LogP contribution in [0, 0.1) is 6.92 Å². The van der Waals surface area contributed by atoms with Gasteiger partial charge in [0.15, 0.2) is 5.01 Å². The standard InChI is InChI=1S/C22H19N3O2S/c1-15-7-5-6-10-19(15)20(26)21-24-25-22(28-21)23-16-11-13-18(14-12-16)27-17-8-3-2-4-9-17/h2-14,20,26H,1H3,(H,23,25). The van der Waals surface area contributed by atoms with E-state index in [2.05, 4.69) is 15.5 Å². The topological polar surface area (TPSA) is 67.3 Å². The Hall–Kier alpha value is -3.22. The number of ether oxygens (including phenoxy) is 1. The Labute approximate surface area is 167 Å². The Morgan fingerprint density at radius 1 is 0.857 bits per heavy atom. The molecule has 0 spiro atoms. The van der Waals surface area contributed by atoms with Crippen molar-refractivity contribution < 1.29 is 9.84 Å². The third kappa shape index (κ3) is 4.19. The van der Waals surface area contributed by atoms with Gasteiger partial charge in [-0.3, -0.25) is 0 Å². The molecule has 0 radical (unpaired) electrons. The lowest BCUT2D eigenvalue weighted by Gasteiger charge is -2.10. The molecular formula is C22H19N3O2S. The number of para-hydroxylation sites is 1. The lowest BCUT2D eigenvalue weighted by Crippen LogP contribution is -2.01. The third-order valence-corrected chi connectivity index (χ3v) is 5.13. The van der Waals surface area contributed by atoms with Gasteiger partial charge in [0.1, 0.15) is 17.6 Å². The maximum absolute atomic E-state index is 10.6. The van der Waals surface area contributed by atoms with E-state index in [1.807, 2.05) is 85.8 Å². The lowest BCUT2D eigenvalue weighted by molar-refractivity contribution is 0.218. The molecule has 0 aliphatic carbocycles. The number of nitrogens with one attached hydrogen (secondary N) is 1. The number of hydrogen-bond donors (Lipinski definition) is 2. The van der Waals surface area contributed by atoms with Crippen molar-refractivity contribution in [1.82, 2.24) is 10.2 Å². The van der Waals surface area contributed by atoms with Crippen LogP contribution in [0.4, 0.5) is 10.8 Å². The third-order valence-electron chi connectivity index (χ3n) is 4.24. The van der Waals surface area contributed by atoms with Gasteiger partial charge in [0.25, 0.3) is 0 Å². The Bertz CT molecular complexity index is 1050. The van der Waals surface area contributed by atoms with E-state index in [0.717, 1.165) is 28.3 Å². The molecule has 0 bridgehead atoms. The van der Waals surface area contributed by atoms with Gasteiger partial charge in [-0.2, -0.15) is 0 Å². The average Bonchev–Trinajstić information content (AvgIpc) is 3.19. The highest BCUT2D eigenvalue weighted by atomic mass is 32.1. The molecule has 0 amide bonds. The Balaban J connectivity index is 1.43. The first kappa shape index (κ1) is 18.2. The zero-order valence-corrected chi connectivity index (χ0v) is 16.1. The SMILES string of the molecule is Cc1ccccc1C(O)c1nnc(Nc2ccc(Oc3ccccc3)cc2)s1. The summed E-state index contributed by atoms with van der Waals surface area (Å²) in [6.45, 7) is 1.97. The van der Waals surface area contributed by atoms with Crippen molar-refractivity contribution in [2.45, 2.75) is 13.0 Å². The first-order chi connectivity index (χ1) is 13.7. The second-order valence-corrected chi connectivity index (χ2v) is 7.28. The van der Waals surface area contributed by atoms with E-state index < -0.39 is 6.10 Å². The molecule has 1 heterocycles. The van der Waals surface area contributed by atoms with E-state index in [4.69, 9.17) is 4.74 Å². The summed E-state index contributed by atoms with van der Waals surface area (Å²) in [6.07, 6.45) is -0.782. The monoisotopic (exact) mass is 389 g/mol. The second kappa shape index (κ2) is 8.21. The Kier molecular flexibility index (Phi) is 5.32. The highest BCUT2D eigenvalue weighted by Gasteiger charge is 2.17. The van der Waals surface area contributed by atoms with Crippen LogP contribution in [-0.2, 0) is 0 Å². The summed E-state index contributed by atoms with van der Waals surface area (Å²) >= 11 is 1.33. The van der Waals surface area contributed by atoms with E-state index >= 15 is 0 Å². The summed E-state index contributed by atoms with van der Waals surface area (Å²) in [5, 5.41) is 23.3. The largest absolute Gasteiger partial charge is 0.457 e. The van der Waals surface area contributed by atoms with Crippen molar-refractivity contribution in [3.63, 3.8) is 0 Å². The molecule has 4 aromatic rings. The molecule has 1 aromatic heterocycles. The molecule has 28 heavy (non-hydrogen) atoms. The van der Waals surface area contributed by atoms with Crippen LogP contribution in [0.15, 0.2) is 78.9 Å². The maximum Gasteiger partial charge on any atom is 0.210 e. The van der Waals surface area contributed by atoms with Crippen molar-refractivity contribution in [2.24, 2.45) is 0 Å². The summed E-state index contributed by atoms with van der Waals surface area (Å²) in [5.41, 5.74) is 2.73. The first-order valence-corrected chi connectivity index (χ1v) is 9.68. The zero-order valence-electron chi connectivity index (χ0n) is 15.2. The fraction of sp³-hybridized carbons (Fsp3) is 0.0909. The van der Waals surface area contributed by atoms with Gasteiger partial charge in [-0.15, -0.1) is 10.2 Å². The molecule has 3 aromatic carbocycles. The minimum absolute atomic E-state index is 0.556. The van der Waals surface area contributed by atoms with Crippen molar-refractivity contribution in [2.75, 3.05) is 5.32 Å². The number of aryl methyl sites for hydroxylation is 1. The van der Waals surface area contributed by atoms with Crippen molar-refractivity contribution >= 4 is 22.2 Å². The van der Waals surface area contributed by atoms with Gasteiger partial charge < -0.3 is 15.2 Å². The number of hydrogen-bond acceptors (Lipinski definition) is 6. The first-order valence-electron chi connectivity index (χ1n) is 8.86. The molecule has 6 heteroatoms. The molecule has 4 rings (SSSR count). The number of benzene rings is 3. The molecule has 5 nitrogen and oxygen atoms in total. The van der Waals surface area contributed by atoms with Crippen LogP contribution in [0.25, 0.3) is 0 Å². The van der Waals surface area contributed by atoms with Gasteiger partial charge in [0, 0.05) is 5.69 Å². The smallest absolute Gasteiger partial charge is 0.210 e. The van der Waals surface area contributed by atoms with E-state index in [9.17, 15) is 5.11 Å². The van der Waals surface area contributed by atoms with Crippen LogP contribution in [0.2, 0.25) is 0 Å². The normalized spacial score (nSPS) is 11.8. The number of anilines is 2. The van der Waals surface area contributed by atoms with Gasteiger partial charge in [0.2, 0.25) is 5.13 Å². The molecular weight excluding hydrogens is 370 g/mol. The van der Waals surface area contributed by atoms with Crippen LogP contribution in [0.3, 0.4) is 0 Å². The predicted octanol–water partition coefficient (Wildman–Crippen LogP) is 5.46. The fourth-order valence-corrected chi connectivity index (χ4v) is 3.55. The Morgan fingerprint density at radius 2 is 1.54 bits per heavy atom. The van der Waals surface area contributed by atoms with Gasteiger partial charge in [-0.25, -0.2) is 0 Å². The molecule has 0 fully saturated rings. The summed E-state index contributed by atoms with van der Waals surface area (Å²) in [7, 11) is 0. The number of nitrogens with zero attached hydrogens (tertiary/aromatic N) is 2. The van der Waals surface area contributed by atoms with Crippen molar-refractivity contribution in [1.29, 1.82) is 0 Å². The second-order valence-electron chi connectivity index (χ2n) is 6.27. The van der Waals surface area contributed by atoms with Gasteiger partial charge in [-0.05, 0) is 54.4 Å². The van der Waals surface area contributed by atoms with Gasteiger partial charge in [-0.1, -0.05) is 53.8 Å². The van der Waals surface area contributed by atoms with E-state index in [0.29, 0.717) is 10.1 Å². The summed E-state index contributed by atoms with van der Waals surface area (Å²) in [5.74, 6) is 1.55. The van der Waals surface area contributed by atoms with Crippen LogP contribution in [0.5, 0.6) is 11.5 Å². The molecule has 140 valence electrons. The van der Waals surface area contributed by atoms with E-state index in [1.165, 1.54) is 11.3 Å². The zero-order chi connectivity index (χ0) is 19.3. The molecule has 2 N–H and O–H groups in total. The number of aliphatic hydroxyl groups excluding tert-OH is 1. The molecule has 1 unspecified atom stereocenters. The maximum atomic E-state index is 10.6. The van der Waals surface area contributed by atoms with Crippen LogP contribution in [0.1, 0.15) is 22.2 Å². The van der Waals surface area contributed by atoms with Gasteiger partial charge in [0.05, 0.1) is 0 Å².